The molecule has 4 rings (SSSR count). The Morgan fingerprint density at radius 2 is 2.06 bits per heavy atom. The number of nitrogens with two attached hydrogens (primary N) is 1. The second-order valence-corrected chi connectivity index (χ2v) is 4.38. The molecule has 1 aromatic carbocycles. The number of hydrogen-bond donors (Lipinski definition) is 1. The minimum Gasteiger partial charge on any atom is -0.487 e. The maximum absolute atomic E-state index is 5.82. The van der Waals surface area contributed by atoms with Crippen LogP contribution in [-0.2, 0) is 6.61 Å². The van der Waals surface area contributed by atoms with E-state index in [1.165, 1.54) is 0 Å². The Morgan fingerprint density at radius 1 is 1.17 bits per heavy atom. The lowest BCUT2D eigenvalue weighted by atomic mass is 10.1. The zero-order chi connectivity index (χ0) is 12.1. The smallest absolute Gasteiger partial charge is 0.137 e. The number of aromatic nitrogens is 2. The van der Waals surface area contributed by atoms with Crippen molar-refractivity contribution in [2.75, 3.05) is 5.73 Å². The fourth-order valence-corrected chi connectivity index (χ4v) is 2.40. The molecule has 0 fully saturated rings. The normalized spacial score (nSPS) is 12.9. The number of hydrogen-bond acceptors (Lipinski definition) is 3. The van der Waals surface area contributed by atoms with Crippen LogP contribution in [0.1, 0.15) is 5.69 Å². The third kappa shape index (κ3) is 1.17. The third-order valence-corrected chi connectivity index (χ3v) is 3.25. The maximum atomic E-state index is 5.82. The van der Waals surface area contributed by atoms with Gasteiger partial charge in [-0.15, -0.1) is 0 Å². The molecule has 0 spiro atoms. The van der Waals surface area contributed by atoms with Crippen LogP contribution in [0.2, 0.25) is 0 Å². The van der Waals surface area contributed by atoms with Gasteiger partial charge in [0.25, 0.3) is 0 Å². The molecule has 0 atom stereocenters. The van der Waals surface area contributed by atoms with Crippen molar-refractivity contribution in [3.05, 3.63) is 48.3 Å². The van der Waals surface area contributed by atoms with Crippen molar-refractivity contribution in [1.82, 2.24) is 9.38 Å². The van der Waals surface area contributed by atoms with E-state index in [0.717, 1.165) is 34.0 Å². The van der Waals surface area contributed by atoms with E-state index in [4.69, 9.17) is 10.5 Å². The Bertz CT molecular complexity index is 761. The number of benzene rings is 1. The minimum atomic E-state index is 0.525. The first-order valence-corrected chi connectivity index (χ1v) is 5.81. The summed E-state index contributed by atoms with van der Waals surface area (Å²) in [6.45, 7) is 0.525. The number of imidazole rings is 1. The Balaban J connectivity index is 2.08. The number of nitrogen functional groups attached to an aromatic ring is 1. The van der Waals surface area contributed by atoms with Crippen molar-refractivity contribution in [3.63, 3.8) is 0 Å². The van der Waals surface area contributed by atoms with Crippen molar-refractivity contribution >= 4 is 11.3 Å². The van der Waals surface area contributed by atoms with Gasteiger partial charge in [0.05, 0.1) is 11.4 Å². The van der Waals surface area contributed by atoms with Crippen LogP contribution in [0.25, 0.3) is 16.9 Å². The standard InChI is InChI=1S/C14H11N3O/c15-9-5-6-13-16-14-10-3-1-2-4-12(10)18-8-11(14)17(13)7-9/h1-7H,8,15H2. The van der Waals surface area contributed by atoms with Crippen LogP contribution in [0.3, 0.4) is 0 Å². The third-order valence-electron chi connectivity index (χ3n) is 3.25. The zero-order valence-corrected chi connectivity index (χ0v) is 9.63. The van der Waals surface area contributed by atoms with Gasteiger partial charge in [-0.05, 0) is 24.3 Å². The van der Waals surface area contributed by atoms with Gasteiger partial charge in [-0.3, -0.25) is 4.40 Å². The maximum Gasteiger partial charge on any atom is 0.137 e. The number of fused-ring (bicyclic) bond motifs is 5. The molecule has 0 unspecified atom stereocenters. The molecule has 0 saturated carbocycles. The predicted molar refractivity (Wildman–Crippen MR) is 69.4 cm³/mol. The van der Waals surface area contributed by atoms with E-state index in [2.05, 4.69) is 4.98 Å². The van der Waals surface area contributed by atoms with Crippen molar-refractivity contribution in [1.29, 1.82) is 0 Å². The molecule has 4 heteroatoms. The summed E-state index contributed by atoms with van der Waals surface area (Å²) in [5.41, 5.74) is 10.5. The largest absolute Gasteiger partial charge is 0.487 e. The van der Waals surface area contributed by atoms with Gasteiger partial charge in [-0.25, -0.2) is 4.98 Å². The summed E-state index contributed by atoms with van der Waals surface area (Å²) in [6.07, 6.45) is 1.89. The zero-order valence-electron chi connectivity index (χ0n) is 9.63. The Kier molecular flexibility index (Phi) is 1.73. The van der Waals surface area contributed by atoms with Crippen LogP contribution in [0.5, 0.6) is 5.75 Å². The molecule has 0 radical (unpaired) electrons. The van der Waals surface area contributed by atoms with Crippen molar-refractivity contribution in [2.45, 2.75) is 6.61 Å². The summed E-state index contributed by atoms with van der Waals surface area (Å²) in [5.74, 6) is 0.890. The lowest BCUT2D eigenvalue weighted by molar-refractivity contribution is 0.296. The molecule has 0 amide bonds. The van der Waals surface area contributed by atoms with Gasteiger partial charge in [0.15, 0.2) is 0 Å². The summed E-state index contributed by atoms with van der Waals surface area (Å²) in [6, 6.07) is 11.8. The highest BCUT2D eigenvalue weighted by Gasteiger charge is 2.22. The predicted octanol–water partition coefficient (Wildman–Crippen LogP) is 2.48. The Hall–Kier alpha value is -2.49. The molecule has 0 saturated heterocycles. The minimum absolute atomic E-state index is 0.525. The summed E-state index contributed by atoms with van der Waals surface area (Å²) in [4.78, 5) is 4.66. The molecule has 0 aliphatic carbocycles. The van der Waals surface area contributed by atoms with Gasteiger partial charge < -0.3 is 10.5 Å². The SMILES string of the molecule is Nc1ccc2nc3c(n2c1)COc1ccccc1-3. The number of nitrogens with zero attached hydrogens (tertiary/aromatic N) is 2. The Morgan fingerprint density at radius 3 is 3.00 bits per heavy atom. The number of pyridine rings is 1. The summed E-state index contributed by atoms with van der Waals surface area (Å²) < 4.78 is 7.76. The molecule has 18 heavy (non-hydrogen) atoms. The number of para-hydroxylation sites is 1. The quantitative estimate of drug-likeness (QED) is 0.653. The van der Waals surface area contributed by atoms with Gasteiger partial charge >= 0.3 is 0 Å². The molecule has 3 aromatic rings. The first-order valence-electron chi connectivity index (χ1n) is 5.81. The lowest BCUT2D eigenvalue weighted by Crippen LogP contribution is -2.07. The fourth-order valence-electron chi connectivity index (χ4n) is 2.40. The van der Waals surface area contributed by atoms with Crippen LogP contribution in [0, 0.1) is 0 Å². The molecule has 4 nitrogen and oxygen atoms in total. The van der Waals surface area contributed by atoms with Crippen LogP contribution in [0.15, 0.2) is 42.6 Å². The molecule has 3 heterocycles. The molecule has 0 bridgehead atoms. The van der Waals surface area contributed by atoms with E-state index in [1.54, 1.807) is 0 Å². The van der Waals surface area contributed by atoms with Crippen molar-refractivity contribution in [3.8, 4) is 17.0 Å². The van der Waals surface area contributed by atoms with E-state index in [9.17, 15) is 0 Å². The molecule has 1 aliphatic rings. The van der Waals surface area contributed by atoms with Crippen molar-refractivity contribution < 1.29 is 4.74 Å². The van der Waals surface area contributed by atoms with E-state index >= 15 is 0 Å². The fraction of sp³-hybridized carbons (Fsp3) is 0.0714. The second kappa shape index (κ2) is 3.26. The molecule has 2 aromatic heterocycles. The lowest BCUT2D eigenvalue weighted by Gasteiger charge is -2.16. The van der Waals surface area contributed by atoms with Gasteiger partial charge in [0.1, 0.15) is 18.0 Å². The van der Waals surface area contributed by atoms with Gasteiger partial charge in [-0.1, -0.05) is 12.1 Å². The van der Waals surface area contributed by atoms with Crippen LogP contribution in [0.4, 0.5) is 5.69 Å². The molecule has 88 valence electrons. The van der Waals surface area contributed by atoms with Crippen LogP contribution in [-0.4, -0.2) is 9.38 Å². The van der Waals surface area contributed by atoms with Gasteiger partial charge in [0, 0.05) is 17.4 Å². The number of anilines is 1. The highest BCUT2D eigenvalue weighted by molar-refractivity contribution is 5.74. The van der Waals surface area contributed by atoms with E-state index in [0.29, 0.717) is 6.61 Å². The monoisotopic (exact) mass is 237 g/mol. The van der Waals surface area contributed by atoms with E-state index < -0.39 is 0 Å². The average molecular weight is 237 g/mol. The van der Waals surface area contributed by atoms with Gasteiger partial charge in [0.2, 0.25) is 0 Å². The van der Waals surface area contributed by atoms with Gasteiger partial charge in [-0.2, -0.15) is 0 Å². The first-order chi connectivity index (χ1) is 8.83. The number of ether oxygens (including phenoxy) is 1. The Labute approximate surface area is 104 Å². The number of rotatable bonds is 0. The summed E-state index contributed by atoms with van der Waals surface area (Å²) >= 11 is 0. The topological polar surface area (TPSA) is 52.5 Å². The second-order valence-electron chi connectivity index (χ2n) is 4.38. The molecule has 1 aliphatic heterocycles. The molecule has 2 N–H and O–H groups in total. The highest BCUT2D eigenvalue weighted by atomic mass is 16.5. The van der Waals surface area contributed by atoms with E-state index in [-0.39, 0.29) is 0 Å². The van der Waals surface area contributed by atoms with E-state index in [1.807, 2.05) is 47.0 Å². The summed E-state index contributed by atoms with van der Waals surface area (Å²) in [7, 11) is 0. The van der Waals surface area contributed by atoms with Crippen LogP contribution < -0.4 is 10.5 Å². The molecular formula is C14H11N3O. The van der Waals surface area contributed by atoms with Crippen LogP contribution >= 0.6 is 0 Å². The average Bonchev–Trinajstić information content (AvgIpc) is 2.77. The first kappa shape index (κ1) is 9.53. The molecular weight excluding hydrogens is 226 g/mol. The highest BCUT2D eigenvalue weighted by Crippen LogP contribution is 2.37. The summed E-state index contributed by atoms with van der Waals surface area (Å²) in [5, 5.41) is 0. The van der Waals surface area contributed by atoms with Crippen molar-refractivity contribution in [2.24, 2.45) is 0 Å².